The zero-order chi connectivity index (χ0) is 15.4. The molecule has 21 heavy (non-hydrogen) atoms. The number of aromatic carboxylic acids is 1. The normalized spacial score (nSPS) is 10.1. The molecule has 2 aromatic carbocycles. The second kappa shape index (κ2) is 6.04. The summed E-state index contributed by atoms with van der Waals surface area (Å²) in [5.41, 5.74) is 0.289. The van der Waals surface area contributed by atoms with Gasteiger partial charge in [-0.2, -0.15) is 0 Å². The van der Waals surface area contributed by atoms with Crippen molar-refractivity contribution in [2.24, 2.45) is 0 Å². The topological polar surface area (TPSA) is 86.6 Å². The summed E-state index contributed by atoms with van der Waals surface area (Å²) in [6.07, 6.45) is 0.00812. The van der Waals surface area contributed by atoms with E-state index in [1.54, 1.807) is 12.1 Å². The van der Waals surface area contributed by atoms with E-state index in [2.05, 4.69) is 5.32 Å². The first-order valence-corrected chi connectivity index (χ1v) is 6.06. The van der Waals surface area contributed by atoms with Gasteiger partial charge in [-0.1, -0.05) is 12.1 Å². The van der Waals surface area contributed by atoms with Gasteiger partial charge in [0.15, 0.2) is 0 Å². The van der Waals surface area contributed by atoms with Gasteiger partial charge < -0.3 is 15.5 Å². The maximum atomic E-state index is 13.2. The molecule has 2 rings (SSSR count). The molecule has 108 valence electrons. The van der Waals surface area contributed by atoms with Crippen LogP contribution in [0.4, 0.5) is 10.1 Å². The molecule has 0 aliphatic rings. The highest BCUT2D eigenvalue weighted by Gasteiger charge is 2.12. The lowest BCUT2D eigenvalue weighted by Gasteiger charge is -2.07. The van der Waals surface area contributed by atoms with Gasteiger partial charge in [0.25, 0.3) is 0 Å². The summed E-state index contributed by atoms with van der Waals surface area (Å²) in [4.78, 5) is 22.6. The van der Waals surface area contributed by atoms with Crippen LogP contribution in [0.5, 0.6) is 5.75 Å². The highest BCUT2D eigenvalue weighted by molar-refractivity contribution is 5.94. The van der Waals surface area contributed by atoms with E-state index in [0.717, 1.165) is 12.1 Å². The van der Waals surface area contributed by atoms with Crippen molar-refractivity contribution in [3.05, 3.63) is 59.4 Å². The van der Waals surface area contributed by atoms with Crippen LogP contribution in [-0.4, -0.2) is 22.1 Å². The Hall–Kier alpha value is -2.89. The minimum absolute atomic E-state index is 0.00812. The Morgan fingerprint density at radius 1 is 1.14 bits per heavy atom. The number of hydrogen-bond donors (Lipinski definition) is 3. The zero-order valence-electron chi connectivity index (χ0n) is 10.8. The van der Waals surface area contributed by atoms with Gasteiger partial charge in [-0.05, 0) is 35.9 Å². The molecular formula is C15H12FNO4. The summed E-state index contributed by atoms with van der Waals surface area (Å²) in [5.74, 6) is -2.62. The number of carboxylic acids is 1. The van der Waals surface area contributed by atoms with Crippen LogP contribution in [0.3, 0.4) is 0 Å². The number of aromatic hydroxyl groups is 1. The van der Waals surface area contributed by atoms with Crippen molar-refractivity contribution in [3.8, 4) is 5.75 Å². The molecule has 0 unspecified atom stereocenters. The first-order valence-electron chi connectivity index (χ1n) is 6.06. The number of halogens is 1. The van der Waals surface area contributed by atoms with Crippen LogP contribution < -0.4 is 5.32 Å². The average molecular weight is 289 g/mol. The number of carbonyl (C=O) groups excluding carboxylic acids is 1. The Bertz CT molecular complexity index is 700. The maximum absolute atomic E-state index is 13.2. The van der Waals surface area contributed by atoms with E-state index < -0.39 is 23.3 Å². The largest absolute Gasteiger partial charge is 0.508 e. The van der Waals surface area contributed by atoms with Crippen molar-refractivity contribution in [3.63, 3.8) is 0 Å². The van der Waals surface area contributed by atoms with E-state index in [1.807, 2.05) is 0 Å². The molecule has 1 amide bonds. The highest BCUT2D eigenvalue weighted by Crippen LogP contribution is 2.16. The molecule has 6 heteroatoms. The zero-order valence-corrected chi connectivity index (χ0v) is 10.8. The summed E-state index contributed by atoms with van der Waals surface area (Å²) >= 11 is 0. The van der Waals surface area contributed by atoms with Gasteiger partial charge in [-0.15, -0.1) is 0 Å². The van der Waals surface area contributed by atoms with Crippen LogP contribution in [-0.2, 0) is 11.2 Å². The number of phenolic OH excluding ortho intramolecular Hbond substituents is 1. The van der Waals surface area contributed by atoms with Crippen LogP contribution in [0.1, 0.15) is 15.9 Å². The standard InChI is InChI=1S/C15H12FNO4/c16-13-5-4-10(8-12(13)15(20)21)17-14(19)7-9-2-1-3-11(18)6-9/h1-6,8,18H,7H2,(H,17,19)(H,20,21). The fourth-order valence-electron chi connectivity index (χ4n) is 1.82. The van der Waals surface area contributed by atoms with Crippen molar-refractivity contribution < 1.29 is 24.2 Å². The van der Waals surface area contributed by atoms with Gasteiger partial charge in [0, 0.05) is 5.69 Å². The second-order valence-corrected chi connectivity index (χ2v) is 4.39. The fraction of sp³-hybridized carbons (Fsp3) is 0.0667. The molecule has 2 aromatic rings. The number of hydrogen-bond acceptors (Lipinski definition) is 3. The smallest absolute Gasteiger partial charge is 0.338 e. The van der Waals surface area contributed by atoms with E-state index in [1.165, 1.54) is 18.2 Å². The Kier molecular flexibility index (Phi) is 4.18. The minimum atomic E-state index is -1.41. The Labute approximate surface area is 119 Å². The van der Waals surface area contributed by atoms with E-state index in [4.69, 9.17) is 5.11 Å². The lowest BCUT2D eigenvalue weighted by molar-refractivity contribution is -0.115. The molecule has 0 heterocycles. The molecular weight excluding hydrogens is 277 g/mol. The predicted octanol–water partition coefficient (Wildman–Crippen LogP) is 2.41. The van der Waals surface area contributed by atoms with Crippen molar-refractivity contribution in [2.75, 3.05) is 5.32 Å². The summed E-state index contributed by atoms with van der Waals surface area (Å²) in [5, 5.41) is 20.6. The van der Waals surface area contributed by atoms with Gasteiger partial charge in [0.2, 0.25) is 5.91 Å². The van der Waals surface area contributed by atoms with Crippen LogP contribution >= 0.6 is 0 Å². The van der Waals surface area contributed by atoms with Gasteiger partial charge in [0.05, 0.1) is 12.0 Å². The highest BCUT2D eigenvalue weighted by atomic mass is 19.1. The van der Waals surface area contributed by atoms with Crippen LogP contribution in [0, 0.1) is 5.82 Å². The molecule has 0 bridgehead atoms. The van der Waals surface area contributed by atoms with Crippen molar-refractivity contribution in [2.45, 2.75) is 6.42 Å². The number of carbonyl (C=O) groups is 2. The molecule has 0 aromatic heterocycles. The lowest BCUT2D eigenvalue weighted by atomic mass is 10.1. The molecule has 0 radical (unpaired) electrons. The predicted molar refractivity (Wildman–Crippen MR) is 73.8 cm³/mol. The van der Waals surface area contributed by atoms with Crippen LogP contribution in [0.25, 0.3) is 0 Å². The fourth-order valence-corrected chi connectivity index (χ4v) is 1.82. The summed E-state index contributed by atoms with van der Waals surface area (Å²) in [7, 11) is 0. The van der Waals surface area contributed by atoms with E-state index in [9.17, 15) is 19.1 Å². The monoisotopic (exact) mass is 289 g/mol. The first kappa shape index (κ1) is 14.5. The number of nitrogens with one attached hydrogen (secondary N) is 1. The SMILES string of the molecule is O=C(Cc1cccc(O)c1)Nc1ccc(F)c(C(=O)O)c1. The third-order valence-electron chi connectivity index (χ3n) is 2.76. The minimum Gasteiger partial charge on any atom is -0.508 e. The number of rotatable bonds is 4. The average Bonchev–Trinajstić information content (AvgIpc) is 2.40. The van der Waals surface area contributed by atoms with E-state index >= 15 is 0 Å². The molecule has 0 fully saturated rings. The molecule has 0 spiro atoms. The molecule has 5 nitrogen and oxygen atoms in total. The third-order valence-corrected chi connectivity index (χ3v) is 2.76. The molecule has 0 saturated carbocycles. The molecule has 3 N–H and O–H groups in total. The second-order valence-electron chi connectivity index (χ2n) is 4.39. The number of anilines is 1. The Morgan fingerprint density at radius 2 is 1.90 bits per heavy atom. The van der Waals surface area contributed by atoms with Crippen molar-refractivity contribution in [1.29, 1.82) is 0 Å². The summed E-state index contributed by atoms with van der Waals surface area (Å²) in [6.45, 7) is 0. The van der Waals surface area contributed by atoms with Crippen molar-refractivity contribution in [1.82, 2.24) is 0 Å². The lowest BCUT2D eigenvalue weighted by Crippen LogP contribution is -2.15. The maximum Gasteiger partial charge on any atom is 0.338 e. The number of benzene rings is 2. The van der Waals surface area contributed by atoms with Crippen LogP contribution in [0.2, 0.25) is 0 Å². The molecule has 0 atom stereocenters. The summed E-state index contributed by atoms with van der Waals surface area (Å²) < 4.78 is 13.2. The van der Waals surface area contributed by atoms with Gasteiger partial charge in [0.1, 0.15) is 11.6 Å². The van der Waals surface area contributed by atoms with Crippen molar-refractivity contribution >= 4 is 17.6 Å². The molecule has 0 aliphatic heterocycles. The summed E-state index contributed by atoms with van der Waals surface area (Å²) in [6, 6.07) is 9.53. The van der Waals surface area contributed by atoms with E-state index in [-0.39, 0.29) is 17.9 Å². The molecule has 0 saturated heterocycles. The Morgan fingerprint density at radius 3 is 2.57 bits per heavy atom. The first-order chi connectivity index (χ1) is 9.95. The number of carboxylic acid groups (broad SMARTS) is 1. The van der Waals surface area contributed by atoms with Gasteiger partial charge in [-0.25, -0.2) is 9.18 Å². The number of amides is 1. The quantitative estimate of drug-likeness (QED) is 0.806. The van der Waals surface area contributed by atoms with E-state index in [0.29, 0.717) is 5.56 Å². The third kappa shape index (κ3) is 3.79. The molecule has 0 aliphatic carbocycles. The van der Waals surface area contributed by atoms with Gasteiger partial charge in [-0.3, -0.25) is 4.79 Å². The van der Waals surface area contributed by atoms with Crippen LogP contribution in [0.15, 0.2) is 42.5 Å². The Balaban J connectivity index is 2.09. The number of phenols is 1. The van der Waals surface area contributed by atoms with Gasteiger partial charge >= 0.3 is 5.97 Å².